The van der Waals surface area contributed by atoms with Crippen molar-refractivity contribution in [3.05, 3.63) is 78.4 Å². The topological polar surface area (TPSA) is 131 Å². The molecule has 11 heteroatoms. The van der Waals surface area contributed by atoms with Gasteiger partial charge >= 0.3 is 0 Å². The molecule has 3 N–H and O–H groups in total. The van der Waals surface area contributed by atoms with Crippen molar-refractivity contribution >= 4 is 37.3 Å². The summed E-state index contributed by atoms with van der Waals surface area (Å²) in [6.45, 7) is 0. The first kappa shape index (κ1) is 23.3. The molecule has 0 aromatic heterocycles. The Bertz CT molecular complexity index is 1340. The zero-order chi connectivity index (χ0) is 23.4. The van der Waals surface area contributed by atoms with Gasteiger partial charge in [0.1, 0.15) is 10.6 Å². The SMILES string of the molecule is CNS(=O)(=O)c1cc(C(=O)Nc2ccccc2NS(=O)(=O)c2ccccc2)ccc1OC. The molecule has 0 saturated carbocycles. The van der Waals surface area contributed by atoms with Crippen molar-refractivity contribution in [2.75, 3.05) is 24.2 Å². The minimum absolute atomic E-state index is 0.0420. The fourth-order valence-electron chi connectivity index (χ4n) is 2.82. The van der Waals surface area contributed by atoms with Crippen LogP contribution >= 0.6 is 0 Å². The van der Waals surface area contributed by atoms with E-state index in [1.54, 1.807) is 30.3 Å². The lowest BCUT2D eigenvalue weighted by Crippen LogP contribution is -2.21. The van der Waals surface area contributed by atoms with E-state index in [1.165, 1.54) is 56.6 Å². The molecule has 0 saturated heterocycles. The Balaban J connectivity index is 1.91. The number of sulfonamides is 2. The molecule has 0 unspecified atom stereocenters. The molecule has 0 bridgehead atoms. The number of amides is 1. The largest absolute Gasteiger partial charge is 0.495 e. The van der Waals surface area contributed by atoms with Gasteiger partial charge in [-0.1, -0.05) is 30.3 Å². The van der Waals surface area contributed by atoms with Crippen LogP contribution in [0.1, 0.15) is 10.4 Å². The molecule has 168 valence electrons. The summed E-state index contributed by atoms with van der Waals surface area (Å²) in [7, 11) is -5.19. The number of hydrogen-bond acceptors (Lipinski definition) is 6. The Kier molecular flexibility index (Phi) is 6.82. The number of benzene rings is 3. The first-order chi connectivity index (χ1) is 15.2. The highest BCUT2D eigenvalue weighted by Crippen LogP contribution is 2.27. The molecule has 0 atom stereocenters. The summed E-state index contributed by atoms with van der Waals surface area (Å²) in [6, 6.07) is 18.0. The molecular weight excluding hydrogens is 454 g/mol. The number of para-hydroxylation sites is 2. The maximum atomic E-state index is 12.8. The van der Waals surface area contributed by atoms with Gasteiger partial charge in [-0.15, -0.1) is 0 Å². The van der Waals surface area contributed by atoms with Gasteiger partial charge in [0.15, 0.2) is 0 Å². The van der Waals surface area contributed by atoms with Crippen LogP contribution in [0.3, 0.4) is 0 Å². The number of methoxy groups -OCH3 is 1. The molecule has 0 radical (unpaired) electrons. The van der Waals surface area contributed by atoms with Gasteiger partial charge in [-0.2, -0.15) is 0 Å². The van der Waals surface area contributed by atoms with E-state index in [9.17, 15) is 21.6 Å². The van der Waals surface area contributed by atoms with Gasteiger partial charge in [-0.05, 0) is 49.5 Å². The van der Waals surface area contributed by atoms with Crippen LogP contribution in [0.15, 0.2) is 82.6 Å². The van der Waals surface area contributed by atoms with Gasteiger partial charge in [-0.3, -0.25) is 9.52 Å². The van der Waals surface area contributed by atoms with Crippen molar-refractivity contribution in [2.45, 2.75) is 9.79 Å². The van der Waals surface area contributed by atoms with Gasteiger partial charge in [0.2, 0.25) is 10.0 Å². The van der Waals surface area contributed by atoms with E-state index in [0.29, 0.717) is 0 Å². The molecule has 32 heavy (non-hydrogen) atoms. The van der Waals surface area contributed by atoms with Crippen LogP contribution in [-0.2, 0) is 20.0 Å². The number of carbonyl (C=O) groups excluding carboxylic acids is 1. The van der Waals surface area contributed by atoms with Crippen LogP contribution < -0.4 is 19.5 Å². The number of anilines is 2. The molecule has 3 aromatic carbocycles. The molecule has 3 rings (SSSR count). The first-order valence-electron chi connectivity index (χ1n) is 9.28. The van der Waals surface area contributed by atoms with Crippen LogP contribution in [0.2, 0.25) is 0 Å². The Labute approximate surface area is 186 Å². The van der Waals surface area contributed by atoms with Crippen LogP contribution in [0.4, 0.5) is 11.4 Å². The fourth-order valence-corrected chi connectivity index (χ4v) is 4.84. The Morgan fingerprint density at radius 1 is 0.812 bits per heavy atom. The maximum absolute atomic E-state index is 12.8. The predicted molar refractivity (Wildman–Crippen MR) is 121 cm³/mol. The second-order valence-electron chi connectivity index (χ2n) is 6.49. The first-order valence-corrected chi connectivity index (χ1v) is 12.2. The third-order valence-corrected chi connectivity index (χ3v) is 7.27. The van der Waals surface area contributed by atoms with Gasteiger partial charge < -0.3 is 10.1 Å². The second-order valence-corrected chi connectivity index (χ2v) is 10.0. The van der Waals surface area contributed by atoms with E-state index >= 15 is 0 Å². The number of rotatable bonds is 8. The molecule has 0 aliphatic heterocycles. The number of carbonyl (C=O) groups is 1. The van der Waals surface area contributed by atoms with E-state index in [-0.39, 0.29) is 32.5 Å². The summed E-state index contributed by atoms with van der Waals surface area (Å²) in [6.07, 6.45) is 0. The smallest absolute Gasteiger partial charge is 0.261 e. The molecule has 3 aromatic rings. The molecule has 1 amide bonds. The second kappa shape index (κ2) is 9.39. The lowest BCUT2D eigenvalue weighted by Gasteiger charge is -2.14. The minimum atomic E-state index is -3.88. The molecule has 0 aliphatic rings. The number of nitrogens with one attached hydrogen (secondary N) is 3. The van der Waals surface area contributed by atoms with E-state index in [4.69, 9.17) is 4.74 Å². The Hall–Kier alpha value is -3.41. The summed E-state index contributed by atoms with van der Waals surface area (Å²) in [4.78, 5) is 12.7. The lowest BCUT2D eigenvalue weighted by molar-refractivity contribution is 0.102. The molecule has 9 nitrogen and oxygen atoms in total. The highest BCUT2D eigenvalue weighted by atomic mass is 32.2. The van der Waals surface area contributed by atoms with Crippen LogP contribution in [0.5, 0.6) is 5.75 Å². The highest BCUT2D eigenvalue weighted by Gasteiger charge is 2.21. The Morgan fingerprint density at radius 3 is 2.06 bits per heavy atom. The molecule has 0 heterocycles. The number of ether oxygens (including phenoxy) is 1. The molecular formula is C21H21N3O6S2. The van der Waals surface area contributed by atoms with Gasteiger partial charge in [-0.25, -0.2) is 21.6 Å². The lowest BCUT2D eigenvalue weighted by atomic mass is 10.2. The van der Waals surface area contributed by atoms with Crippen molar-refractivity contribution in [1.82, 2.24) is 4.72 Å². The van der Waals surface area contributed by atoms with Crippen molar-refractivity contribution < 1.29 is 26.4 Å². The number of hydrogen-bond donors (Lipinski definition) is 3. The van der Waals surface area contributed by atoms with Crippen LogP contribution in [-0.4, -0.2) is 36.9 Å². The highest BCUT2D eigenvalue weighted by molar-refractivity contribution is 7.92. The normalized spacial score (nSPS) is 11.6. The third kappa shape index (κ3) is 5.07. The summed E-state index contributed by atoms with van der Waals surface area (Å²) in [5.41, 5.74) is 0.396. The monoisotopic (exact) mass is 475 g/mol. The zero-order valence-electron chi connectivity index (χ0n) is 17.2. The molecule has 0 fully saturated rings. The van der Waals surface area contributed by atoms with Crippen molar-refractivity contribution in [3.8, 4) is 5.75 Å². The Morgan fingerprint density at radius 2 is 1.44 bits per heavy atom. The average Bonchev–Trinajstić information content (AvgIpc) is 2.80. The quantitative estimate of drug-likeness (QED) is 0.459. The van der Waals surface area contributed by atoms with Gasteiger partial charge in [0.25, 0.3) is 15.9 Å². The zero-order valence-corrected chi connectivity index (χ0v) is 18.8. The van der Waals surface area contributed by atoms with E-state index in [0.717, 1.165) is 0 Å². The summed E-state index contributed by atoms with van der Waals surface area (Å²) < 4.78 is 59.5. The summed E-state index contributed by atoms with van der Waals surface area (Å²) in [5, 5.41) is 2.61. The summed E-state index contributed by atoms with van der Waals surface area (Å²) >= 11 is 0. The van der Waals surface area contributed by atoms with Crippen molar-refractivity contribution in [1.29, 1.82) is 0 Å². The summed E-state index contributed by atoms with van der Waals surface area (Å²) in [5.74, 6) is -0.557. The standard InChI is InChI=1S/C21H21N3O6S2/c1-22-32(28,29)20-14-15(12-13-19(20)30-2)21(25)23-17-10-6-7-11-18(17)24-31(26,27)16-8-4-3-5-9-16/h3-14,22,24H,1-2H3,(H,23,25). The average molecular weight is 476 g/mol. The van der Waals surface area contributed by atoms with Crippen LogP contribution in [0, 0.1) is 0 Å². The van der Waals surface area contributed by atoms with Gasteiger partial charge in [0, 0.05) is 5.56 Å². The van der Waals surface area contributed by atoms with E-state index in [2.05, 4.69) is 14.8 Å². The molecule has 0 spiro atoms. The van der Waals surface area contributed by atoms with Gasteiger partial charge in [0.05, 0.1) is 23.4 Å². The molecule has 0 aliphatic carbocycles. The van der Waals surface area contributed by atoms with E-state index in [1.807, 2.05) is 0 Å². The van der Waals surface area contributed by atoms with Crippen LogP contribution in [0.25, 0.3) is 0 Å². The van der Waals surface area contributed by atoms with Crippen molar-refractivity contribution in [3.63, 3.8) is 0 Å². The van der Waals surface area contributed by atoms with E-state index < -0.39 is 26.0 Å². The minimum Gasteiger partial charge on any atom is -0.495 e. The third-order valence-electron chi connectivity index (χ3n) is 4.46. The maximum Gasteiger partial charge on any atom is 0.261 e. The predicted octanol–water partition coefficient (Wildman–Crippen LogP) is 2.66. The fraction of sp³-hybridized carbons (Fsp3) is 0.0952. The van der Waals surface area contributed by atoms with Crippen molar-refractivity contribution in [2.24, 2.45) is 0 Å².